The maximum Gasteiger partial charge on any atom is 0.139 e. The molecule has 0 fully saturated rings. The molecule has 2 rings (SSSR count). The zero-order chi connectivity index (χ0) is 14.5. The Balaban J connectivity index is 2.10. The number of benzene rings is 1. The van der Waals surface area contributed by atoms with Crippen LogP contribution < -0.4 is 5.32 Å². The van der Waals surface area contributed by atoms with E-state index in [2.05, 4.69) is 60.3 Å². The van der Waals surface area contributed by atoms with Crippen LogP contribution in [0.2, 0.25) is 0 Å². The van der Waals surface area contributed by atoms with E-state index in [-0.39, 0.29) is 0 Å². The summed E-state index contributed by atoms with van der Waals surface area (Å²) in [7, 11) is 1.94. The van der Waals surface area contributed by atoms with Gasteiger partial charge >= 0.3 is 0 Å². The molecule has 1 aromatic carbocycles. The third-order valence-corrected chi connectivity index (χ3v) is 4.17. The predicted molar refractivity (Wildman–Crippen MR) is 85.0 cm³/mol. The molecule has 0 aliphatic rings. The number of hydrogen-bond donors (Lipinski definition) is 1. The standard InChI is InChI=1S/C16H21N3S/c1-11-6-5-7-14(8-11)20-10-16-18-12(2)15(9-17-4)13(3)19-16/h5-8,17H,9-10H2,1-4H3. The third-order valence-electron chi connectivity index (χ3n) is 3.18. The summed E-state index contributed by atoms with van der Waals surface area (Å²) >= 11 is 1.78. The van der Waals surface area contributed by atoms with E-state index in [9.17, 15) is 0 Å². The number of aromatic nitrogens is 2. The van der Waals surface area contributed by atoms with Crippen molar-refractivity contribution < 1.29 is 0 Å². The molecule has 3 nitrogen and oxygen atoms in total. The zero-order valence-corrected chi connectivity index (χ0v) is 13.3. The van der Waals surface area contributed by atoms with Crippen molar-refractivity contribution in [3.05, 3.63) is 52.6 Å². The van der Waals surface area contributed by atoms with Gasteiger partial charge in [-0.1, -0.05) is 17.7 Å². The highest BCUT2D eigenvalue weighted by Gasteiger charge is 2.08. The second-order valence-electron chi connectivity index (χ2n) is 4.92. The number of nitrogens with one attached hydrogen (secondary N) is 1. The van der Waals surface area contributed by atoms with E-state index in [1.165, 1.54) is 16.0 Å². The minimum atomic E-state index is 0.810. The SMILES string of the molecule is CNCc1c(C)nc(CSc2cccc(C)c2)nc1C. The maximum absolute atomic E-state index is 4.62. The van der Waals surface area contributed by atoms with Gasteiger partial charge in [-0.15, -0.1) is 11.8 Å². The normalized spacial score (nSPS) is 10.8. The van der Waals surface area contributed by atoms with Crippen LogP contribution in [0.25, 0.3) is 0 Å². The van der Waals surface area contributed by atoms with Crippen molar-refractivity contribution in [1.29, 1.82) is 0 Å². The molecule has 0 saturated carbocycles. The first kappa shape index (κ1) is 15.0. The Hall–Kier alpha value is -1.39. The summed E-state index contributed by atoms with van der Waals surface area (Å²) < 4.78 is 0. The van der Waals surface area contributed by atoms with E-state index in [1.54, 1.807) is 11.8 Å². The summed E-state index contributed by atoms with van der Waals surface area (Å²) in [5, 5.41) is 3.16. The van der Waals surface area contributed by atoms with Crippen LogP contribution in [0.15, 0.2) is 29.2 Å². The van der Waals surface area contributed by atoms with Crippen molar-refractivity contribution in [2.75, 3.05) is 7.05 Å². The third kappa shape index (κ3) is 3.81. The van der Waals surface area contributed by atoms with Gasteiger partial charge in [-0.2, -0.15) is 0 Å². The van der Waals surface area contributed by atoms with Gasteiger partial charge in [-0.05, 0) is 40.0 Å². The zero-order valence-electron chi connectivity index (χ0n) is 12.5. The molecule has 0 radical (unpaired) electrons. The Morgan fingerprint density at radius 2 is 1.80 bits per heavy atom. The van der Waals surface area contributed by atoms with E-state index in [0.717, 1.165) is 29.5 Å². The average Bonchev–Trinajstić information content (AvgIpc) is 2.41. The van der Waals surface area contributed by atoms with Crippen molar-refractivity contribution in [1.82, 2.24) is 15.3 Å². The first-order valence-electron chi connectivity index (χ1n) is 6.77. The second-order valence-corrected chi connectivity index (χ2v) is 5.97. The summed E-state index contributed by atoms with van der Waals surface area (Å²) in [4.78, 5) is 10.5. The average molecular weight is 287 g/mol. The van der Waals surface area contributed by atoms with Gasteiger partial charge in [0.05, 0.1) is 5.75 Å². The van der Waals surface area contributed by atoms with Gasteiger partial charge in [-0.25, -0.2) is 9.97 Å². The molecule has 2 aromatic rings. The molecule has 4 heteroatoms. The van der Waals surface area contributed by atoms with Gasteiger partial charge in [0.25, 0.3) is 0 Å². The number of hydrogen-bond acceptors (Lipinski definition) is 4. The topological polar surface area (TPSA) is 37.8 Å². The van der Waals surface area contributed by atoms with Gasteiger partial charge in [0.2, 0.25) is 0 Å². The van der Waals surface area contributed by atoms with Crippen molar-refractivity contribution in [2.24, 2.45) is 0 Å². The predicted octanol–water partition coefficient (Wildman–Crippen LogP) is 3.41. The van der Waals surface area contributed by atoms with Gasteiger partial charge in [-0.3, -0.25) is 0 Å². The lowest BCUT2D eigenvalue weighted by Crippen LogP contribution is -2.12. The minimum Gasteiger partial charge on any atom is -0.316 e. The Morgan fingerprint density at radius 1 is 1.10 bits per heavy atom. The fourth-order valence-corrected chi connectivity index (χ4v) is 3.03. The van der Waals surface area contributed by atoms with Crippen LogP contribution in [0.3, 0.4) is 0 Å². The lowest BCUT2D eigenvalue weighted by atomic mass is 10.1. The molecule has 0 aliphatic heterocycles. The molecule has 20 heavy (non-hydrogen) atoms. The van der Waals surface area contributed by atoms with Gasteiger partial charge in [0, 0.05) is 28.4 Å². The second kappa shape index (κ2) is 6.86. The highest BCUT2D eigenvalue weighted by atomic mass is 32.2. The Labute approximate surface area is 125 Å². The fraction of sp³-hybridized carbons (Fsp3) is 0.375. The minimum absolute atomic E-state index is 0.810. The molecule has 0 spiro atoms. The van der Waals surface area contributed by atoms with E-state index >= 15 is 0 Å². The van der Waals surface area contributed by atoms with Crippen molar-refractivity contribution in [3.63, 3.8) is 0 Å². The van der Waals surface area contributed by atoms with Crippen LogP contribution in [0, 0.1) is 20.8 Å². The summed E-state index contributed by atoms with van der Waals surface area (Å²) in [6.07, 6.45) is 0. The van der Waals surface area contributed by atoms with E-state index < -0.39 is 0 Å². The number of rotatable bonds is 5. The smallest absolute Gasteiger partial charge is 0.139 e. The molecular formula is C16H21N3S. The Bertz CT molecular complexity index is 573. The monoisotopic (exact) mass is 287 g/mol. The number of nitrogens with zero attached hydrogens (tertiary/aromatic N) is 2. The molecule has 0 saturated heterocycles. The molecule has 0 aliphatic carbocycles. The summed E-state index contributed by atoms with van der Waals surface area (Å²) in [5.74, 6) is 1.72. The van der Waals surface area contributed by atoms with E-state index in [0.29, 0.717) is 0 Å². The molecule has 0 unspecified atom stereocenters. The summed E-state index contributed by atoms with van der Waals surface area (Å²) in [6.45, 7) is 7.05. The van der Waals surface area contributed by atoms with E-state index in [4.69, 9.17) is 0 Å². The molecule has 106 valence electrons. The van der Waals surface area contributed by atoms with Crippen molar-refractivity contribution in [3.8, 4) is 0 Å². The molecular weight excluding hydrogens is 266 g/mol. The largest absolute Gasteiger partial charge is 0.316 e. The van der Waals surface area contributed by atoms with Crippen molar-refractivity contribution >= 4 is 11.8 Å². The summed E-state index contributed by atoms with van der Waals surface area (Å²) in [5.41, 5.74) is 4.64. The van der Waals surface area contributed by atoms with E-state index in [1.807, 2.05) is 7.05 Å². The lowest BCUT2D eigenvalue weighted by Gasteiger charge is -2.10. The Kier molecular flexibility index (Phi) is 5.15. The van der Waals surface area contributed by atoms with Gasteiger partial charge in [0.1, 0.15) is 5.82 Å². The highest BCUT2D eigenvalue weighted by molar-refractivity contribution is 7.98. The quantitative estimate of drug-likeness (QED) is 0.855. The van der Waals surface area contributed by atoms with Crippen LogP contribution in [0.1, 0.15) is 28.3 Å². The molecule has 1 heterocycles. The number of thioether (sulfide) groups is 1. The molecule has 1 N–H and O–H groups in total. The fourth-order valence-electron chi connectivity index (χ4n) is 2.16. The van der Waals surface area contributed by atoms with Crippen LogP contribution in [-0.2, 0) is 12.3 Å². The van der Waals surface area contributed by atoms with Crippen molar-refractivity contribution in [2.45, 2.75) is 38.0 Å². The number of aryl methyl sites for hydroxylation is 3. The highest BCUT2D eigenvalue weighted by Crippen LogP contribution is 2.23. The van der Waals surface area contributed by atoms with Crippen LogP contribution in [0.5, 0.6) is 0 Å². The maximum atomic E-state index is 4.62. The summed E-state index contributed by atoms with van der Waals surface area (Å²) in [6, 6.07) is 8.53. The first-order valence-corrected chi connectivity index (χ1v) is 7.75. The molecule has 0 amide bonds. The molecule has 1 aromatic heterocycles. The van der Waals surface area contributed by atoms with Crippen LogP contribution >= 0.6 is 11.8 Å². The van der Waals surface area contributed by atoms with Crippen LogP contribution in [0.4, 0.5) is 0 Å². The van der Waals surface area contributed by atoms with Gasteiger partial charge < -0.3 is 5.32 Å². The first-order chi connectivity index (χ1) is 9.60. The molecule has 0 bridgehead atoms. The van der Waals surface area contributed by atoms with Gasteiger partial charge in [0.15, 0.2) is 0 Å². The van der Waals surface area contributed by atoms with Crippen LogP contribution in [-0.4, -0.2) is 17.0 Å². The molecule has 0 atom stereocenters. The Morgan fingerprint density at radius 3 is 2.40 bits per heavy atom. The lowest BCUT2D eigenvalue weighted by molar-refractivity contribution is 0.778.